The highest BCUT2D eigenvalue weighted by molar-refractivity contribution is 9.10. The third-order valence-electron chi connectivity index (χ3n) is 1.96. The van der Waals surface area contributed by atoms with E-state index in [0.29, 0.717) is 18.8 Å². The zero-order valence-corrected chi connectivity index (χ0v) is 9.41. The van der Waals surface area contributed by atoms with Gasteiger partial charge in [-0.05, 0) is 18.2 Å². The predicted molar refractivity (Wildman–Crippen MR) is 60.4 cm³/mol. The fraction of sp³-hybridized carbons (Fsp3) is 0.200. The summed E-state index contributed by atoms with van der Waals surface area (Å²) in [5, 5.41) is 16.3. The van der Waals surface area contributed by atoms with Crippen LogP contribution in [0.5, 0.6) is 0 Å². The fourth-order valence-electron chi connectivity index (χ4n) is 1.28. The average Bonchev–Trinajstić information content (AvgIpc) is 2.62. The molecule has 0 atom stereocenters. The Balaban J connectivity index is 2.28. The summed E-state index contributed by atoms with van der Waals surface area (Å²) in [7, 11) is 0. The first-order valence-corrected chi connectivity index (χ1v) is 5.26. The molecule has 1 aromatic heterocycles. The molecule has 0 aliphatic carbocycles. The molecule has 0 unspecified atom stereocenters. The van der Waals surface area contributed by atoms with Gasteiger partial charge in [-0.15, -0.1) is 0 Å². The van der Waals surface area contributed by atoms with Gasteiger partial charge in [0, 0.05) is 11.0 Å². The molecule has 0 fully saturated rings. The molecule has 1 N–H and O–H groups in total. The minimum atomic E-state index is 0.447. The highest BCUT2D eigenvalue weighted by Gasteiger charge is 2.07. The number of nitrogens with zero attached hydrogens (tertiary/aromatic N) is 2. The van der Waals surface area contributed by atoms with Gasteiger partial charge in [-0.3, -0.25) is 0 Å². The van der Waals surface area contributed by atoms with E-state index >= 15 is 0 Å². The number of benzene rings is 1. The molecule has 0 aliphatic heterocycles. The van der Waals surface area contributed by atoms with Crippen molar-refractivity contribution in [2.75, 3.05) is 11.9 Å². The maximum atomic E-state index is 8.41. The highest BCUT2D eigenvalue weighted by Crippen LogP contribution is 2.25. The lowest BCUT2D eigenvalue weighted by Crippen LogP contribution is -2.00. The SMILES string of the molecule is N#CCCNc1noc2ccc(Br)cc12. The topological polar surface area (TPSA) is 61.9 Å². The van der Waals surface area contributed by atoms with Crippen LogP contribution >= 0.6 is 15.9 Å². The monoisotopic (exact) mass is 265 g/mol. The summed E-state index contributed by atoms with van der Waals surface area (Å²) in [5.41, 5.74) is 0.734. The molecular weight excluding hydrogens is 258 g/mol. The van der Waals surface area contributed by atoms with Crippen LogP contribution < -0.4 is 5.32 Å². The predicted octanol–water partition coefficient (Wildman–Crippen LogP) is 2.92. The molecule has 1 heterocycles. The zero-order valence-electron chi connectivity index (χ0n) is 7.83. The highest BCUT2D eigenvalue weighted by atomic mass is 79.9. The lowest BCUT2D eigenvalue weighted by Gasteiger charge is -1.97. The summed E-state index contributed by atoms with van der Waals surface area (Å²) >= 11 is 3.38. The molecule has 5 heteroatoms. The summed E-state index contributed by atoms with van der Waals surface area (Å²) in [6.45, 7) is 0.574. The standard InChI is InChI=1S/C10H8BrN3O/c11-7-2-3-9-8(6-7)10(14-15-9)13-5-1-4-12/h2-3,6H,1,5H2,(H,13,14). The number of halogens is 1. The summed E-state index contributed by atoms with van der Waals surface area (Å²) in [4.78, 5) is 0. The molecule has 0 spiro atoms. The van der Waals surface area contributed by atoms with Crippen molar-refractivity contribution in [3.05, 3.63) is 22.7 Å². The summed E-state index contributed by atoms with van der Waals surface area (Å²) < 4.78 is 6.09. The van der Waals surface area contributed by atoms with Gasteiger partial charge in [0.15, 0.2) is 11.4 Å². The van der Waals surface area contributed by atoms with Crippen molar-refractivity contribution in [1.29, 1.82) is 5.26 Å². The van der Waals surface area contributed by atoms with Crippen molar-refractivity contribution < 1.29 is 4.52 Å². The van der Waals surface area contributed by atoms with Crippen LogP contribution in [-0.2, 0) is 0 Å². The van der Waals surface area contributed by atoms with Crippen molar-refractivity contribution in [2.24, 2.45) is 0 Å². The maximum Gasteiger partial charge on any atom is 0.177 e. The number of rotatable bonds is 3. The molecule has 1 aromatic carbocycles. The Morgan fingerprint density at radius 2 is 2.40 bits per heavy atom. The third kappa shape index (κ3) is 2.10. The Labute approximate surface area is 95.0 Å². The Bertz CT molecular complexity index is 515. The molecule has 0 saturated carbocycles. The Morgan fingerprint density at radius 3 is 3.20 bits per heavy atom. The molecule has 15 heavy (non-hydrogen) atoms. The van der Waals surface area contributed by atoms with E-state index in [1.807, 2.05) is 18.2 Å². The third-order valence-corrected chi connectivity index (χ3v) is 2.45. The van der Waals surface area contributed by atoms with E-state index in [1.165, 1.54) is 0 Å². The Hall–Kier alpha value is -1.54. The minimum absolute atomic E-state index is 0.447. The van der Waals surface area contributed by atoms with E-state index in [9.17, 15) is 0 Å². The van der Waals surface area contributed by atoms with Crippen LogP contribution in [0.3, 0.4) is 0 Å². The van der Waals surface area contributed by atoms with E-state index in [-0.39, 0.29) is 0 Å². The van der Waals surface area contributed by atoms with E-state index < -0.39 is 0 Å². The molecule has 0 aliphatic rings. The van der Waals surface area contributed by atoms with E-state index in [4.69, 9.17) is 9.78 Å². The molecule has 4 nitrogen and oxygen atoms in total. The molecule has 2 rings (SSSR count). The number of fused-ring (bicyclic) bond motifs is 1. The maximum absolute atomic E-state index is 8.41. The first-order valence-electron chi connectivity index (χ1n) is 4.47. The van der Waals surface area contributed by atoms with Crippen LogP contribution in [-0.4, -0.2) is 11.7 Å². The molecule has 2 aromatic rings. The fourth-order valence-corrected chi connectivity index (χ4v) is 1.64. The normalized spacial score (nSPS) is 10.1. The number of nitriles is 1. The summed E-state index contributed by atoms with van der Waals surface area (Å²) in [6.07, 6.45) is 0.447. The van der Waals surface area contributed by atoms with Gasteiger partial charge in [0.2, 0.25) is 0 Å². The van der Waals surface area contributed by atoms with Gasteiger partial charge in [0.05, 0.1) is 17.9 Å². The molecule has 0 saturated heterocycles. The average molecular weight is 266 g/mol. The van der Waals surface area contributed by atoms with Crippen molar-refractivity contribution in [3.63, 3.8) is 0 Å². The van der Waals surface area contributed by atoms with Gasteiger partial charge < -0.3 is 9.84 Å². The van der Waals surface area contributed by atoms with E-state index in [0.717, 1.165) is 15.4 Å². The van der Waals surface area contributed by atoms with Crippen LogP contribution in [0.1, 0.15) is 6.42 Å². The first-order chi connectivity index (χ1) is 7.31. The van der Waals surface area contributed by atoms with E-state index in [2.05, 4.69) is 32.5 Å². The Morgan fingerprint density at radius 1 is 1.53 bits per heavy atom. The smallest absolute Gasteiger partial charge is 0.177 e. The van der Waals surface area contributed by atoms with Crippen LogP contribution in [0.15, 0.2) is 27.2 Å². The van der Waals surface area contributed by atoms with Crippen LogP contribution in [0.2, 0.25) is 0 Å². The van der Waals surface area contributed by atoms with Crippen LogP contribution in [0.4, 0.5) is 5.82 Å². The van der Waals surface area contributed by atoms with Crippen LogP contribution in [0, 0.1) is 11.3 Å². The van der Waals surface area contributed by atoms with Gasteiger partial charge in [0.1, 0.15) is 0 Å². The van der Waals surface area contributed by atoms with Gasteiger partial charge >= 0.3 is 0 Å². The number of hydrogen-bond donors (Lipinski definition) is 1. The summed E-state index contributed by atoms with van der Waals surface area (Å²) in [5.74, 6) is 0.682. The van der Waals surface area contributed by atoms with Gasteiger partial charge in [-0.2, -0.15) is 5.26 Å². The second kappa shape index (κ2) is 4.32. The van der Waals surface area contributed by atoms with Gasteiger partial charge in [-0.25, -0.2) is 0 Å². The first kappa shape index (κ1) is 9.99. The largest absolute Gasteiger partial charge is 0.366 e. The minimum Gasteiger partial charge on any atom is -0.366 e. The second-order valence-corrected chi connectivity index (χ2v) is 3.92. The van der Waals surface area contributed by atoms with Gasteiger partial charge in [0.25, 0.3) is 0 Å². The van der Waals surface area contributed by atoms with E-state index in [1.54, 1.807) is 0 Å². The molecule has 0 bridgehead atoms. The number of hydrogen-bond acceptors (Lipinski definition) is 4. The molecule has 0 amide bonds. The summed E-state index contributed by atoms with van der Waals surface area (Å²) in [6, 6.07) is 7.74. The lowest BCUT2D eigenvalue weighted by molar-refractivity contribution is 0.459. The Kier molecular flexibility index (Phi) is 2.88. The van der Waals surface area contributed by atoms with Crippen molar-refractivity contribution in [2.45, 2.75) is 6.42 Å². The quantitative estimate of drug-likeness (QED) is 0.867. The van der Waals surface area contributed by atoms with Crippen LogP contribution in [0.25, 0.3) is 11.0 Å². The molecule has 0 radical (unpaired) electrons. The number of nitrogens with one attached hydrogen (secondary N) is 1. The zero-order chi connectivity index (χ0) is 10.7. The number of aromatic nitrogens is 1. The number of anilines is 1. The van der Waals surface area contributed by atoms with Crippen molar-refractivity contribution >= 4 is 32.7 Å². The molecular formula is C10H8BrN3O. The van der Waals surface area contributed by atoms with Crippen molar-refractivity contribution in [3.8, 4) is 6.07 Å². The van der Waals surface area contributed by atoms with Crippen molar-refractivity contribution in [1.82, 2.24) is 5.16 Å². The molecule has 76 valence electrons. The van der Waals surface area contributed by atoms with Gasteiger partial charge in [-0.1, -0.05) is 21.1 Å². The second-order valence-electron chi connectivity index (χ2n) is 3.01. The lowest BCUT2D eigenvalue weighted by atomic mass is 10.2.